The van der Waals surface area contributed by atoms with Crippen molar-refractivity contribution in [3.8, 4) is 11.5 Å². The Bertz CT molecular complexity index is 543. The first-order valence-corrected chi connectivity index (χ1v) is 5.77. The molecule has 0 saturated heterocycles. The standard InChI is InChI=1S/C14H15FN2O/c1-10-3-2-4-13(14(10)15)18-12-7-11(5-6-16)8-17-9-12/h2-4,7-9H,5-6,16H2,1H3. The number of ether oxygens (including phenoxy) is 1. The molecule has 1 aromatic heterocycles. The van der Waals surface area contributed by atoms with Crippen LogP contribution in [0.15, 0.2) is 36.7 Å². The lowest BCUT2D eigenvalue weighted by Gasteiger charge is -2.08. The predicted octanol–water partition coefficient (Wildman–Crippen LogP) is 2.82. The van der Waals surface area contributed by atoms with Crippen LogP contribution in [0.5, 0.6) is 11.5 Å². The van der Waals surface area contributed by atoms with Gasteiger partial charge in [-0.1, -0.05) is 12.1 Å². The molecule has 1 heterocycles. The van der Waals surface area contributed by atoms with Crippen molar-refractivity contribution in [3.63, 3.8) is 0 Å². The molecule has 2 rings (SSSR count). The fourth-order valence-corrected chi connectivity index (χ4v) is 1.65. The average Bonchev–Trinajstić information content (AvgIpc) is 2.36. The van der Waals surface area contributed by atoms with Gasteiger partial charge in [-0.15, -0.1) is 0 Å². The first kappa shape index (κ1) is 12.5. The Morgan fingerprint density at radius 3 is 2.94 bits per heavy atom. The van der Waals surface area contributed by atoms with Gasteiger partial charge in [0.05, 0.1) is 6.20 Å². The van der Waals surface area contributed by atoms with Gasteiger partial charge in [-0.2, -0.15) is 0 Å². The molecule has 0 aliphatic rings. The Balaban J connectivity index is 2.23. The van der Waals surface area contributed by atoms with Crippen LogP contribution in [-0.2, 0) is 6.42 Å². The Morgan fingerprint density at radius 1 is 1.33 bits per heavy atom. The van der Waals surface area contributed by atoms with Crippen LogP contribution < -0.4 is 10.5 Å². The molecule has 94 valence electrons. The van der Waals surface area contributed by atoms with Crippen LogP contribution in [-0.4, -0.2) is 11.5 Å². The van der Waals surface area contributed by atoms with Crippen molar-refractivity contribution in [3.05, 3.63) is 53.6 Å². The van der Waals surface area contributed by atoms with E-state index in [1.165, 1.54) is 0 Å². The van der Waals surface area contributed by atoms with Crippen molar-refractivity contribution >= 4 is 0 Å². The Labute approximate surface area is 105 Å². The Morgan fingerprint density at radius 2 is 2.17 bits per heavy atom. The summed E-state index contributed by atoms with van der Waals surface area (Å²) in [5.41, 5.74) is 7.01. The highest BCUT2D eigenvalue weighted by molar-refractivity contribution is 5.35. The highest BCUT2D eigenvalue weighted by Crippen LogP contribution is 2.26. The van der Waals surface area contributed by atoms with Gasteiger partial charge < -0.3 is 10.5 Å². The number of nitrogens with two attached hydrogens (primary N) is 1. The van der Waals surface area contributed by atoms with E-state index in [0.717, 1.165) is 12.0 Å². The van der Waals surface area contributed by atoms with E-state index in [4.69, 9.17) is 10.5 Å². The van der Waals surface area contributed by atoms with Gasteiger partial charge in [0.1, 0.15) is 5.75 Å². The molecule has 2 N–H and O–H groups in total. The number of halogens is 1. The molecule has 1 aromatic carbocycles. The number of hydrogen-bond acceptors (Lipinski definition) is 3. The Hall–Kier alpha value is -1.94. The molecule has 0 spiro atoms. The molecule has 0 fully saturated rings. The van der Waals surface area contributed by atoms with E-state index in [0.29, 0.717) is 17.9 Å². The van der Waals surface area contributed by atoms with Gasteiger partial charge in [0.2, 0.25) is 0 Å². The zero-order valence-corrected chi connectivity index (χ0v) is 10.2. The maximum atomic E-state index is 13.8. The molecule has 0 atom stereocenters. The largest absolute Gasteiger partial charge is 0.453 e. The van der Waals surface area contributed by atoms with Crippen LogP contribution in [0.2, 0.25) is 0 Å². The van der Waals surface area contributed by atoms with Crippen LogP contribution in [0.3, 0.4) is 0 Å². The lowest BCUT2D eigenvalue weighted by Crippen LogP contribution is -2.03. The van der Waals surface area contributed by atoms with Crippen molar-refractivity contribution in [2.24, 2.45) is 5.73 Å². The van der Waals surface area contributed by atoms with Gasteiger partial charge >= 0.3 is 0 Å². The smallest absolute Gasteiger partial charge is 0.168 e. The van der Waals surface area contributed by atoms with Crippen molar-refractivity contribution in [2.45, 2.75) is 13.3 Å². The van der Waals surface area contributed by atoms with Crippen molar-refractivity contribution in [2.75, 3.05) is 6.54 Å². The minimum Gasteiger partial charge on any atom is -0.453 e. The van der Waals surface area contributed by atoms with Crippen LogP contribution in [0.4, 0.5) is 4.39 Å². The van der Waals surface area contributed by atoms with Crippen LogP contribution in [0, 0.1) is 12.7 Å². The van der Waals surface area contributed by atoms with Crippen molar-refractivity contribution in [1.82, 2.24) is 4.98 Å². The molecule has 2 aromatic rings. The first-order chi connectivity index (χ1) is 8.70. The van der Waals surface area contributed by atoms with Crippen LogP contribution in [0.1, 0.15) is 11.1 Å². The highest BCUT2D eigenvalue weighted by atomic mass is 19.1. The van der Waals surface area contributed by atoms with Crippen LogP contribution >= 0.6 is 0 Å². The monoisotopic (exact) mass is 246 g/mol. The lowest BCUT2D eigenvalue weighted by atomic mass is 10.2. The molecular weight excluding hydrogens is 231 g/mol. The summed E-state index contributed by atoms with van der Waals surface area (Å²) in [6.45, 7) is 2.25. The molecule has 3 nitrogen and oxygen atoms in total. The van der Waals surface area contributed by atoms with E-state index in [9.17, 15) is 4.39 Å². The van der Waals surface area contributed by atoms with E-state index in [-0.39, 0.29) is 11.6 Å². The minimum absolute atomic E-state index is 0.210. The minimum atomic E-state index is -0.346. The first-order valence-electron chi connectivity index (χ1n) is 5.77. The quantitative estimate of drug-likeness (QED) is 0.902. The Kier molecular flexibility index (Phi) is 3.89. The van der Waals surface area contributed by atoms with Crippen molar-refractivity contribution < 1.29 is 9.13 Å². The van der Waals surface area contributed by atoms with Crippen molar-refractivity contribution in [1.29, 1.82) is 0 Å². The fraction of sp³-hybridized carbons (Fsp3) is 0.214. The number of hydrogen-bond donors (Lipinski definition) is 1. The average molecular weight is 246 g/mol. The van der Waals surface area contributed by atoms with Gasteiger partial charge in [-0.05, 0) is 43.1 Å². The molecule has 0 amide bonds. The molecule has 0 aliphatic carbocycles. The van der Waals surface area contributed by atoms with Crippen LogP contribution in [0.25, 0.3) is 0 Å². The second kappa shape index (κ2) is 5.60. The number of pyridine rings is 1. The zero-order valence-electron chi connectivity index (χ0n) is 10.2. The zero-order chi connectivity index (χ0) is 13.0. The van der Waals surface area contributed by atoms with Gasteiger partial charge in [-0.25, -0.2) is 4.39 Å². The maximum Gasteiger partial charge on any atom is 0.168 e. The second-order valence-electron chi connectivity index (χ2n) is 4.06. The van der Waals surface area contributed by atoms with E-state index >= 15 is 0 Å². The molecule has 0 unspecified atom stereocenters. The molecule has 0 aliphatic heterocycles. The second-order valence-corrected chi connectivity index (χ2v) is 4.06. The van der Waals surface area contributed by atoms with Gasteiger partial charge in [0, 0.05) is 6.20 Å². The number of rotatable bonds is 4. The van der Waals surface area contributed by atoms with E-state index in [1.807, 2.05) is 6.07 Å². The van der Waals surface area contributed by atoms with E-state index in [2.05, 4.69) is 4.98 Å². The summed E-state index contributed by atoms with van der Waals surface area (Å²) in [4.78, 5) is 4.05. The number of benzene rings is 1. The number of nitrogens with zero attached hydrogens (tertiary/aromatic N) is 1. The third kappa shape index (κ3) is 2.84. The summed E-state index contributed by atoms with van der Waals surface area (Å²) >= 11 is 0. The number of aryl methyl sites for hydroxylation is 1. The summed E-state index contributed by atoms with van der Waals surface area (Å²) < 4.78 is 19.3. The van der Waals surface area contributed by atoms with E-state index in [1.54, 1.807) is 37.5 Å². The fourth-order valence-electron chi connectivity index (χ4n) is 1.65. The molecule has 4 heteroatoms. The SMILES string of the molecule is Cc1cccc(Oc2cncc(CCN)c2)c1F. The summed E-state index contributed by atoms with van der Waals surface area (Å²) in [7, 11) is 0. The highest BCUT2D eigenvalue weighted by Gasteiger charge is 2.07. The maximum absolute atomic E-state index is 13.8. The normalized spacial score (nSPS) is 10.4. The molecule has 18 heavy (non-hydrogen) atoms. The summed E-state index contributed by atoms with van der Waals surface area (Å²) in [6, 6.07) is 6.87. The number of aromatic nitrogens is 1. The topological polar surface area (TPSA) is 48.1 Å². The molecule has 0 bridgehead atoms. The summed E-state index contributed by atoms with van der Waals surface area (Å²) in [6.07, 6.45) is 4.01. The van der Waals surface area contributed by atoms with Gasteiger partial charge in [-0.3, -0.25) is 4.98 Å². The lowest BCUT2D eigenvalue weighted by molar-refractivity contribution is 0.438. The summed E-state index contributed by atoms with van der Waals surface area (Å²) in [5.74, 6) is 0.383. The predicted molar refractivity (Wildman–Crippen MR) is 68.2 cm³/mol. The molecule has 0 saturated carbocycles. The molecule has 0 radical (unpaired) electrons. The third-order valence-corrected chi connectivity index (χ3v) is 2.59. The molecular formula is C14H15FN2O. The third-order valence-electron chi connectivity index (χ3n) is 2.59. The summed E-state index contributed by atoms with van der Waals surface area (Å²) in [5, 5.41) is 0. The van der Waals surface area contributed by atoms with Gasteiger partial charge in [0.25, 0.3) is 0 Å². The van der Waals surface area contributed by atoms with E-state index < -0.39 is 0 Å². The van der Waals surface area contributed by atoms with Gasteiger partial charge in [0.15, 0.2) is 11.6 Å².